The third-order valence-corrected chi connectivity index (χ3v) is 3.28. The maximum atomic E-state index is 10.5. The Balaban J connectivity index is 3.93. The van der Waals surface area contributed by atoms with Crippen LogP contribution in [0.4, 0.5) is 0 Å². The van der Waals surface area contributed by atoms with Gasteiger partial charge in [-0.25, -0.2) is 4.79 Å². The van der Waals surface area contributed by atoms with Crippen molar-refractivity contribution in [2.75, 3.05) is 6.61 Å². The van der Waals surface area contributed by atoms with E-state index in [1.807, 2.05) is 13.0 Å². The number of aliphatic carboxylic acids is 1. The van der Waals surface area contributed by atoms with Crippen LogP contribution in [0.1, 0.15) is 60.3 Å². The Bertz CT molecular complexity index is 340. The second-order valence-corrected chi connectivity index (χ2v) is 6.05. The molecule has 0 aromatic carbocycles. The van der Waals surface area contributed by atoms with E-state index < -0.39 is 5.97 Å². The molecule has 0 aromatic rings. The summed E-state index contributed by atoms with van der Waals surface area (Å²) in [6.07, 6.45) is 9.56. The van der Waals surface area contributed by atoms with Crippen molar-refractivity contribution in [2.45, 2.75) is 65.9 Å². The molecule has 1 unspecified atom stereocenters. The molecule has 20 heavy (non-hydrogen) atoms. The standard InChI is InChI=1S/C17H30O3/c1-6-20-17(4,5)12-8-11-14(2)9-7-10-15(3)13-16(18)19/h7,10,13-14H,6,8-9,11-12H2,1-5H3,(H,18,19)/b10-7+,15-13?. The quantitative estimate of drug-likeness (QED) is 0.471. The normalized spacial score (nSPS) is 14.8. The van der Waals surface area contributed by atoms with E-state index in [4.69, 9.17) is 9.84 Å². The summed E-state index contributed by atoms with van der Waals surface area (Å²) in [5, 5.41) is 8.61. The van der Waals surface area contributed by atoms with Gasteiger partial charge in [-0.3, -0.25) is 0 Å². The molecule has 0 fully saturated rings. The number of carbonyl (C=O) groups is 1. The highest BCUT2D eigenvalue weighted by Crippen LogP contribution is 2.21. The molecule has 0 heterocycles. The van der Waals surface area contributed by atoms with Gasteiger partial charge >= 0.3 is 5.97 Å². The van der Waals surface area contributed by atoms with E-state index in [9.17, 15) is 4.79 Å². The first-order chi connectivity index (χ1) is 9.26. The molecule has 0 aliphatic rings. The number of allylic oxidation sites excluding steroid dienone is 3. The lowest BCUT2D eigenvalue weighted by molar-refractivity contribution is -0.131. The number of rotatable bonds is 10. The van der Waals surface area contributed by atoms with E-state index in [1.165, 1.54) is 12.5 Å². The summed E-state index contributed by atoms with van der Waals surface area (Å²) in [7, 11) is 0. The van der Waals surface area contributed by atoms with Crippen LogP contribution < -0.4 is 0 Å². The average Bonchev–Trinajstić information content (AvgIpc) is 2.27. The fourth-order valence-electron chi connectivity index (χ4n) is 2.19. The first-order valence-electron chi connectivity index (χ1n) is 7.48. The minimum absolute atomic E-state index is 0.0227. The monoisotopic (exact) mass is 282 g/mol. The minimum atomic E-state index is -0.890. The Hall–Kier alpha value is -1.09. The van der Waals surface area contributed by atoms with Gasteiger partial charge < -0.3 is 9.84 Å². The van der Waals surface area contributed by atoms with Crippen molar-refractivity contribution in [3.8, 4) is 0 Å². The SMILES string of the molecule is CCOC(C)(C)CCCC(C)C/C=C/C(C)=CC(=O)O. The van der Waals surface area contributed by atoms with E-state index in [-0.39, 0.29) is 5.60 Å². The Morgan fingerprint density at radius 3 is 2.60 bits per heavy atom. The van der Waals surface area contributed by atoms with Crippen LogP contribution >= 0.6 is 0 Å². The number of carboxylic acid groups (broad SMARTS) is 1. The maximum absolute atomic E-state index is 10.5. The molecule has 3 nitrogen and oxygen atoms in total. The summed E-state index contributed by atoms with van der Waals surface area (Å²) in [5.41, 5.74) is 0.757. The largest absolute Gasteiger partial charge is 0.478 e. The Labute approximate surface area is 123 Å². The molecule has 0 spiro atoms. The van der Waals surface area contributed by atoms with Crippen molar-refractivity contribution >= 4 is 5.97 Å². The average molecular weight is 282 g/mol. The van der Waals surface area contributed by atoms with Crippen molar-refractivity contribution < 1.29 is 14.6 Å². The fraction of sp³-hybridized carbons (Fsp3) is 0.706. The summed E-state index contributed by atoms with van der Waals surface area (Å²) >= 11 is 0. The molecule has 0 radical (unpaired) electrons. The topological polar surface area (TPSA) is 46.5 Å². The van der Waals surface area contributed by atoms with E-state index >= 15 is 0 Å². The second kappa shape index (κ2) is 9.76. The van der Waals surface area contributed by atoms with Gasteiger partial charge in [-0.1, -0.05) is 31.9 Å². The first-order valence-corrected chi connectivity index (χ1v) is 7.48. The van der Waals surface area contributed by atoms with Gasteiger partial charge in [0.25, 0.3) is 0 Å². The highest BCUT2D eigenvalue weighted by molar-refractivity contribution is 5.81. The van der Waals surface area contributed by atoms with Crippen molar-refractivity contribution in [3.63, 3.8) is 0 Å². The van der Waals surface area contributed by atoms with Gasteiger partial charge in [0.05, 0.1) is 5.60 Å². The zero-order valence-corrected chi connectivity index (χ0v) is 13.6. The van der Waals surface area contributed by atoms with E-state index in [0.29, 0.717) is 5.92 Å². The lowest BCUT2D eigenvalue weighted by Gasteiger charge is -2.25. The summed E-state index contributed by atoms with van der Waals surface area (Å²) < 4.78 is 5.68. The zero-order chi connectivity index (χ0) is 15.6. The number of carboxylic acids is 1. The molecule has 0 saturated carbocycles. The third-order valence-electron chi connectivity index (χ3n) is 3.28. The van der Waals surface area contributed by atoms with Crippen molar-refractivity contribution in [2.24, 2.45) is 5.92 Å². The number of hydrogen-bond donors (Lipinski definition) is 1. The lowest BCUT2D eigenvalue weighted by Crippen LogP contribution is -2.24. The van der Waals surface area contributed by atoms with Crippen LogP contribution in [0.2, 0.25) is 0 Å². The summed E-state index contributed by atoms with van der Waals surface area (Å²) in [5.74, 6) is -0.278. The second-order valence-electron chi connectivity index (χ2n) is 6.05. The molecule has 0 aromatic heterocycles. The summed E-state index contributed by atoms with van der Waals surface area (Å²) in [6, 6.07) is 0. The Morgan fingerprint density at radius 1 is 1.40 bits per heavy atom. The van der Waals surface area contributed by atoms with Crippen LogP contribution in [-0.2, 0) is 9.53 Å². The predicted octanol–water partition coefficient (Wildman–Crippen LogP) is 4.59. The number of hydrogen-bond acceptors (Lipinski definition) is 2. The highest BCUT2D eigenvalue weighted by Gasteiger charge is 2.17. The van der Waals surface area contributed by atoms with Crippen LogP contribution in [0.3, 0.4) is 0 Å². The van der Waals surface area contributed by atoms with Crippen molar-refractivity contribution in [3.05, 3.63) is 23.8 Å². The van der Waals surface area contributed by atoms with E-state index in [0.717, 1.165) is 31.4 Å². The molecular formula is C17H30O3. The molecule has 1 N–H and O–H groups in total. The van der Waals surface area contributed by atoms with Gasteiger partial charge in [0.2, 0.25) is 0 Å². The molecule has 0 rings (SSSR count). The van der Waals surface area contributed by atoms with Crippen molar-refractivity contribution in [1.29, 1.82) is 0 Å². The van der Waals surface area contributed by atoms with Crippen LogP contribution in [0, 0.1) is 5.92 Å². The fourth-order valence-corrected chi connectivity index (χ4v) is 2.19. The predicted molar refractivity (Wildman–Crippen MR) is 83.9 cm³/mol. The highest BCUT2D eigenvalue weighted by atomic mass is 16.5. The van der Waals surface area contributed by atoms with Crippen LogP contribution in [0.15, 0.2) is 23.8 Å². The Morgan fingerprint density at radius 2 is 2.05 bits per heavy atom. The van der Waals surface area contributed by atoms with Gasteiger partial charge in [0, 0.05) is 12.7 Å². The van der Waals surface area contributed by atoms with Gasteiger partial charge in [-0.05, 0) is 52.0 Å². The maximum Gasteiger partial charge on any atom is 0.328 e. The zero-order valence-electron chi connectivity index (χ0n) is 13.6. The smallest absolute Gasteiger partial charge is 0.328 e. The van der Waals surface area contributed by atoms with Gasteiger partial charge in [-0.15, -0.1) is 0 Å². The van der Waals surface area contributed by atoms with Crippen LogP contribution in [0.5, 0.6) is 0 Å². The van der Waals surface area contributed by atoms with E-state index in [2.05, 4.69) is 26.8 Å². The molecule has 0 bridgehead atoms. The lowest BCUT2D eigenvalue weighted by atomic mass is 9.94. The van der Waals surface area contributed by atoms with E-state index in [1.54, 1.807) is 6.92 Å². The molecule has 0 aliphatic carbocycles. The van der Waals surface area contributed by atoms with Crippen molar-refractivity contribution in [1.82, 2.24) is 0 Å². The Kier molecular flexibility index (Phi) is 9.23. The third kappa shape index (κ3) is 10.8. The van der Waals surface area contributed by atoms with Gasteiger partial charge in [0.15, 0.2) is 0 Å². The molecule has 0 aliphatic heterocycles. The van der Waals surface area contributed by atoms with Crippen LogP contribution in [-0.4, -0.2) is 23.3 Å². The van der Waals surface area contributed by atoms with Crippen LogP contribution in [0.25, 0.3) is 0 Å². The number of ether oxygens (including phenoxy) is 1. The molecule has 116 valence electrons. The molecule has 0 saturated heterocycles. The summed E-state index contributed by atoms with van der Waals surface area (Å²) in [4.78, 5) is 10.5. The molecular weight excluding hydrogens is 252 g/mol. The first kappa shape index (κ1) is 18.9. The molecule has 3 heteroatoms. The minimum Gasteiger partial charge on any atom is -0.478 e. The van der Waals surface area contributed by atoms with Gasteiger partial charge in [-0.2, -0.15) is 0 Å². The van der Waals surface area contributed by atoms with Gasteiger partial charge in [0.1, 0.15) is 0 Å². The summed E-state index contributed by atoms with van der Waals surface area (Å²) in [6.45, 7) is 11.1. The molecule has 0 amide bonds. The molecule has 1 atom stereocenters.